The number of nitrogens with one attached hydrogen (secondary N) is 3. The maximum Gasteiger partial charge on any atom is 0.408 e. The van der Waals surface area contributed by atoms with Crippen molar-refractivity contribution in [2.45, 2.75) is 50.8 Å². The molecule has 0 unspecified atom stereocenters. The van der Waals surface area contributed by atoms with E-state index >= 15 is 0 Å². The van der Waals surface area contributed by atoms with Gasteiger partial charge in [-0.3, -0.25) is 4.79 Å². The molecule has 304 valence electrons. The number of ether oxygens (including phenoxy) is 4. The smallest absolute Gasteiger partial charge is 0.408 e. The predicted octanol–water partition coefficient (Wildman–Crippen LogP) is 6.91. The average Bonchev–Trinajstić information content (AvgIpc) is 3.59. The number of alkyl carbamates (subject to hydrolysis) is 2. The van der Waals surface area contributed by atoms with E-state index in [9.17, 15) is 24.0 Å². The summed E-state index contributed by atoms with van der Waals surface area (Å²) < 4.78 is 22.1. The van der Waals surface area contributed by atoms with Gasteiger partial charge < -0.3 is 34.9 Å². The third kappa shape index (κ3) is 12.2. The zero-order valence-corrected chi connectivity index (χ0v) is 33.2. The summed E-state index contributed by atoms with van der Waals surface area (Å²) in [5, 5.41) is 7.85. The fourth-order valence-corrected chi connectivity index (χ4v) is 7.46. The molecule has 59 heavy (non-hydrogen) atoms. The van der Waals surface area contributed by atoms with E-state index in [1.165, 1.54) is 6.92 Å². The molecule has 0 fully saturated rings. The minimum Gasteiger partial charge on any atom is -0.459 e. The first-order valence-electron chi connectivity index (χ1n) is 19.1. The standard InChI is InChI=1S/C46H45N3O9S/c1-31(43(51)55-25-32-15-5-2-6-16-32)47-42(50)40(48-45(53)58-28-39-37-23-13-11-21-35(37)36-22-12-14-24-38(36)39)29-59-30-41(44(52)56-26-33-17-7-3-8-18-33)49-46(54)57-27-34-19-9-4-10-20-34/h2-24,31,39-41H,25-30H2,1H3,(H,47,50)(H,48,53)(H,49,54)/t31-,40-,41+/m1/s1. The van der Waals surface area contributed by atoms with Gasteiger partial charge in [0.15, 0.2) is 0 Å². The van der Waals surface area contributed by atoms with E-state index in [1.54, 1.807) is 24.3 Å². The Kier molecular flexibility index (Phi) is 15.1. The first kappa shape index (κ1) is 42.0. The van der Waals surface area contributed by atoms with Crippen LogP contribution in [0.3, 0.4) is 0 Å². The van der Waals surface area contributed by atoms with Crippen molar-refractivity contribution in [2.75, 3.05) is 18.1 Å². The fourth-order valence-electron chi connectivity index (χ4n) is 6.40. The molecule has 0 saturated heterocycles. The van der Waals surface area contributed by atoms with E-state index in [4.69, 9.17) is 18.9 Å². The van der Waals surface area contributed by atoms with Crippen LogP contribution in [-0.2, 0) is 53.2 Å². The Balaban J connectivity index is 1.11. The summed E-state index contributed by atoms with van der Waals surface area (Å²) in [7, 11) is 0. The van der Waals surface area contributed by atoms with Crippen molar-refractivity contribution in [3.05, 3.63) is 167 Å². The van der Waals surface area contributed by atoms with Crippen LogP contribution in [0.4, 0.5) is 9.59 Å². The molecule has 12 nitrogen and oxygen atoms in total. The van der Waals surface area contributed by atoms with Gasteiger partial charge in [0, 0.05) is 17.4 Å². The summed E-state index contributed by atoms with van der Waals surface area (Å²) in [6, 6.07) is 39.6. The molecule has 0 bridgehead atoms. The molecule has 1 aliphatic rings. The van der Waals surface area contributed by atoms with Gasteiger partial charge in [0.1, 0.15) is 44.6 Å². The molecule has 13 heteroatoms. The quantitative estimate of drug-likeness (QED) is 0.0627. The van der Waals surface area contributed by atoms with Crippen LogP contribution in [0, 0.1) is 0 Å². The summed E-state index contributed by atoms with van der Waals surface area (Å²) in [5.74, 6) is -2.44. The van der Waals surface area contributed by atoms with E-state index in [0.717, 1.165) is 50.7 Å². The van der Waals surface area contributed by atoms with Crippen molar-refractivity contribution < 1.29 is 42.9 Å². The van der Waals surface area contributed by atoms with E-state index < -0.39 is 48.2 Å². The molecule has 0 radical (unpaired) electrons. The topological polar surface area (TPSA) is 158 Å². The molecule has 0 aliphatic heterocycles. The number of esters is 2. The Morgan fingerprint density at radius 2 is 0.932 bits per heavy atom. The number of carbonyl (C=O) groups is 5. The molecule has 6 rings (SSSR count). The maximum atomic E-state index is 13.7. The highest BCUT2D eigenvalue weighted by molar-refractivity contribution is 7.99. The highest BCUT2D eigenvalue weighted by atomic mass is 32.2. The first-order chi connectivity index (χ1) is 28.7. The highest BCUT2D eigenvalue weighted by Crippen LogP contribution is 2.44. The minimum atomic E-state index is -1.23. The maximum absolute atomic E-state index is 13.7. The molecule has 5 aromatic rings. The van der Waals surface area contributed by atoms with Gasteiger partial charge in [-0.2, -0.15) is 11.8 Å². The van der Waals surface area contributed by atoms with Crippen LogP contribution in [0.5, 0.6) is 0 Å². The number of rotatable bonds is 18. The SMILES string of the molecule is C[C@@H](NC(=O)[C@@H](CSC[C@H](NC(=O)OCc1ccccc1)C(=O)OCc1ccccc1)NC(=O)OCC1c2ccccc2-c2ccccc21)C(=O)OCc1ccccc1. The summed E-state index contributed by atoms with van der Waals surface area (Å²) in [6.07, 6.45) is -1.70. The van der Waals surface area contributed by atoms with Gasteiger partial charge in [0.25, 0.3) is 0 Å². The fraction of sp³-hybridized carbons (Fsp3) is 0.239. The third-order valence-electron chi connectivity index (χ3n) is 9.47. The number of thioether (sulfide) groups is 1. The lowest BCUT2D eigenvalue weighted by Gasteiger charge is -2.22. The number of hydrogen-bond acceptors (Lipinski definition) is 10. The molecule has 0 saturated carbocycles. The van der Waals surface area contributed by atoms with Gasteiger partial charge >= 0.3 is 24.1 Å². The average molecular weight is 816 g/mol. The van der Waals surface area contributed by atoms with Crippen molar-refractivity contribution in [3.8, 4) is 11.1 Å². The number of amides is 3. The molecule has 3 N–H and O–H groups in total. The van der Waals surface area contributed by atoms with Crippen LogP contribution in [-0.4, -0.2) is 66.3 Å². The van der Waals surface area contributed by atoms with Crippen LogP contribution in [0.25, 0.3) is 11.1 Å². The zero-order valence-electron chi connectivity index (χ0n) is 32.4. The summed E-state index contributed by atoms with van der Waals surface area (Å²) in [4.78, 5) is 66.3. The molecule has 0 spiro atoms. The van der Waals surface area contributed by atoms with Crippen molar-refractivity contribution in [3.63, 3.8) is 0 Å². The number of hydrogen-bond donors (Lipinski definition) is 3. The minimum absolute atomic E-state index is 0.00784. The molecule has 3 amide bonds. The van der Waals surface area contributed by atoms with Crippen LogP contribution < -0.4 is 16.0 Å². The van der Waals surface area contributed by atoms with Crippen LogP contribution in [0.2, 0.25) is 0 Å². The Morgan fingerprint density at radius 3 is 1.47 bits per heavy atom. The van der Waals surface area contributed by atoms with Gasteiger partial charge in [0.05, 0.1) is 0 Å². The van der Waals surface area contributed by atoms with Gasteiger partial charge in [0.2, 0.25) is 5.91 Å². The van der Waals surface area contributed by atoms with E-state index in [1.807, 2.05) is 115 Å². The second-order valence-electron chi connectivity index (χ2n) is 13.7. The van der Waals surface area contributed by atoms with Gasteiger partial charge in [-0.15, -0.1) is 0 Å². The van der Waals surface area contributed by atoms with Gasteiger partial charge in [-0.1, -0.05) is 140 Å². The van der Waals surface area contributed by atoms with Crippen molar-refractivity contribution in [1.82, 2.24) is 16.0 Å². The number of benzene rings is 5. The predicted molar refractivity (Wildman–Crippen MR) is 223 cm³/mol. The summed E-state index contributed by atoms with van der Waals surface area (Å²) in [6.45, 7) is 1.44. The molecule has 0 aromatic heterocycles. The van der Waals surface area contributed by atoms with Gasteiger partial charge in [-0.25, -0.2) is 19.2 Å². The monoisotopic (exact) mass is 815 g/mol. The van der Waals surface area contributed by atoms with Gasteiger partial charge in [-0.05, 0) is 45.9 Å². The Bertz CT molecular complexity index is 2140. The molecule has 5 aromatic carbocycles. The van der Waals surface area contributed by atoms with Crippen LogP contribution >= 0.6 is 11.8 Å². The van der Waals surface area contributed by atoms with Crippen molar-refractivity contribution >= 4 is 41.8 Å². The zero-order chi connectivity index (χ0) is 41.4. The van der Waals surface area contributed by atoms with E-state index in [0.29, 0.717) is 0 Å². The molecule has 3 atom stereocenters. The Hall–Kier alpha value is -6.60. The molecule has 1 aliphatic carbocycles. The second-order valence-corrected chi connectivity index (χ2v) is 14.8. The molecular formula is C46H45N3O9S. The first-order valence-corrected chi connectivity index (χ1v) is 20.3. The van der Waals surface area contributed by atoms with Crippen molar-refractivity contribution in [2.24, 2.45) is 0 Å². The Morgan fingerprint density at radius 1 is 0.508 bits per heavy atom. The number of fused-ring (bicyclic) bond motifs is 3. The van der Waals surface area contributed by atoms with E-state index in [-0.39, 0.29) is 43.9 Å². The number of carbonyl (C=O) groups excluding carboxylic acids is 5. The third-order valence-corrected chi connectivity index (χ3v) is 10.6. The van der Waals surface area contributed by atoms with Crippen LogP contribution in [0.15, 0.2) is 140 Å². The summed E-state index contributed by atoms with van der Waals surface area (Å²) >= 11 is 1.10. The lowest BCUT2D eigenvalue weighted by molar-refractivity contribution is -0.148. The van der Waals surface area contributed by atoms with Crippen molar-refractivity contribution in [1.29, 1.82) is 0 Å². The largest absolute Gasteiger partial charge is 0.459 e. The lowest BCUT2D eigenvalue weighted by Crippen LogP contribution is -2.52. The molecule has 0 heterocycles. The molecular weight excluding hydrogens is 771 g/mol. The second kappa shape index (κ2) is 21.2. The summed E-state index contributed by atoms with van der Waals surface area (Å²) in [5.41, 5.74) is 6.45. The van der Waals surface area contributed by atoms with E-state index in [2.05, 4.69) is 16.0 Å². The normalized spacial score (nSPS) is 13.0. The van der Waals surface area contributed by atoms with Crippen LogP contribution in [0.1, 0.15) is 40.7 Å². The highest BCUT2D eigenvalue weighted by Gasteiger charge is 2.31. The lowest BCUT2D eigenvalue weighted by atomic mass is 9.98. The Labute approximate surface area is 347 Å².